The highest BCUT2D eigenvalue weighted by Gasteiger charge is 2.13. The number of carbonyl (C=O) groups is 1. The SMILES string of the molecule is CCCCCCCCOc1ccc(-c2ccccc2)c(C(=O)O)c1.Cl. The van der Waals surface area contributed by atoms with Gasteiger partial charge in [-0.1, -0.05) is 69.4 Å². The lowest BCUT2D eigenvalue weighted by atomic mass is 9.99. The minimum Gasteiger partial charge on any atom is -0.494 e. The lowest BCUT2D eigenvalue weighted by Crippen LogP contribution is -2.02. The smallest absolute Gasteiger partial charge is 0.336 e. The fraction of sp³-hybridized carbons (Fsp3) is 0.381. The van der Waals surface area contributed by atoms with E-state index in [1.165, 1.54) is 25.7 Å². The van der Waals surface area contributed by atoms with Crippen molar-refractivity contribution in [2.75, 3.05) is 6.61 Å². The van der Waals surface area contributed by atoms with E-state index in [0.29, 0.717) is 12.4 Å². The molecular formula is C21H27ClO3. The molecule has 1 N–H and O–H groups in total. The molecule has 3 nitrogen and oxygen atoms in total. The van der Waals surface area contributed by atoms with E-state index in [4.69, 9.17) is 4.74 Å². The Balaban J connectivity index is 0.00000312. The van der Waals surface area contributed by atoms with Crippen molar-refractivity contribution in [3.63, 3.8) is 0 Å². The highest BCUT2D eigenvalue weighted by molar-refractivity contribution is 5.96. The average Bonchev–Trinajstić information content (AvgIpc) is 2.61. The van der Waals surface area contributed by atoms with Gasteiger partial charge in [0.1, 0.15) is 5.75 Å². The molecule has 0 aliphatic carbocycles. The highest BCUT2D eigenvalue weighted by atomic mass is 35.5. The van der Waals surface area contributed by atoms with Gasteiger partial charge in [-0.05, 0) is 35.7 Å². The number of ether oxygens (including phenoxy) is 1. The molecule has 0 radical (unpaired) electrons. The van der Waals surface area contributed by atoms with Gasteiger partial charge in [0.25, 0.3) is 0 Å². The van der Waals surface area contributed by atoms with Gasteiger partial charge in [-0.15, -0.1) is 12.4 Å². The van der Waals surface area contributed by atoms with E-state index in [1.54, 1.807) is 6.07 Å². The van der Waals surface area contributed by atoms with Gasteiger partial charge in [-0.25, -0.2) is 4.79 Å². The highest BCUT2D eigenvalue weighted by Crippen LogP contribution is 2.27. The van der Waals surface area contributed by atoms with E-state index in [1.807, 2.05) is 42.5 Å². The maximum Gasteiger partial charge on any atom is 0.336 e. The number of halogens is 1. The number of aromatic carboxylic acids is 1. The molecule has 2 rings (SSSR count). The van der Waals surface area contributed by atoms with Crippen molar-refractivity contribution in [3.8, 4) is 16.9 Å². The second-order valence-corrected chi connectivity index (χ2v) is 5.99. The molecule has 2 aromatic rings. The zero-order valence-corrected chi connectivity index (χ0v) is 15.6. The predicted molar refractivity (Wildman–Crippen MR) is 105 cm³/mol. The van der Waals surface area contributed by atoms with Gasteiger partial charge >= 0.3 is 5.97 Å². The molecule has 0 spiro atoms. The molecule has 0 atom stereocenters. The summed E-state index contributed by atoms with van der Waals surface area (Å²) in [5.41, 5.74) is 1.90. The maximum atomic E-state index is 11.6. The van der Waals surface area contributed by atoms with Crippen LogP contribution in [0.4, 0.5) is 0 Å². The Kier molecular flexibility index (Phi) is 9.71. The van der Waals surface area contributed by atoms with Crippen LogP contribution in [0.1, 0.15) is 55.8 Å². The molecule has 0 heterocycles. The van der Waals surface area contributed by atoms with Crippen LogP contribution in [-0.4, -0.2) is 17.7 Å². The van der Waals surface area contributed by atoms with Gasteiger partial charge in [0.05, 0.1) is 12.2 Å². The van der Waals surface area contributed by atoms with Crippen LogP contribution < -0.4 is 4.74 Å². The minimum absolute atomic E-state index is 0. The van der Waals surface area contributed by atoms with Crippen molar-refractivity contribution in [2.24, 2.45) is 0 Å². The number of hydrogen-bond acceptors (Lipinski definition) is 2. The third kappa shape index (κ3) is 6.79. The normalized spacial score (nSPS) is 10.1. The molecule has 0 aliphatic heterocycles. The Morgan fingerprint density at radius 1 is 0.960 bits per heavy atom. The average molecular weight is 363 g/mol. The monoisotopic (exact) mass is 362 g/mol. The standard InChI is InChI=1S/C21H26O3.ClH/c1-2-3-4-5-6-10-15-24-18-13-14-19(20(16-18)21(22)23)17-11-8-7-9-12-17;/h7-9,11-14,16H,2-6,10,15H2,1H3,(H,22,23);1H. The summed E-state index contributed by atoms with van der Waals surface area (Å²) >= 11 is 0. The van der Waals surface area contributed by atoms with Crippen molar-refractivity contribution >= 4 is 18.4 Å². The molecule has 0 amide bonds. The van der Waals surface area contributed by atoms with Gasteiger partial charge in [0, 0.05) is 0 Å². The Morgan fingerprint density at radius 3 is 2.32 bits per heavy atom. The summed E-state index contributed by atoms with van der Waals surface area (Å²) in [6.45, 7) is 2.85. The van der Waals surface area contributed by atoms with Crippen LogP contribution in [0.15, 0.2) is 48.5 Å². The Hall–Kier alpha value is -2.00. The summed E-state index contributed by atoms with van der Waals surface area (Å²) in [6.07, 6.45) is 7.24. The molecule has 4 heteroatoms. The first-order chi connectivity index (χ1) is 11.7. The van der Waals surface area contributed by atoms with Crippen molar-refractivity contribution < 1.29 is 14.6 Å². The van der Waals surface area contributed by atoms with E-state index in [9.17, 15) is 9.90 Å². The minimum atomic E-state index is -0.932. The number of unbranched alkanes of at least 4 members (excludes halogenated alkanes) is 5. The Labute approximate surface area is 156 Å². The van der Waals surface area contributed by atoms with Gasteiger partial charge in [0.2, 0.25) is 0 Å². The van der Waals surface area contributed by atoms with Gasteiger partial charge in [-0.3, -0.25) is 0 Å². The fourth-order valence-corrected chi connectivity index (χ4v) is 2.73. The number of benzene rings is 2. The summed E-state index contributed by atoms with van der Waals surface area (Å²) in [6, 6.07) is 14.9. The van der Waals surface area contributed by atoms with Crippen molar-refractivity contribution in [1.82, 2.24) is 0 Å². The van der Waals surface area contributed by atoms with Crippen molar-refractivity contribution in [3.05, 3.63) is 54.1 Å². The number of rotatable bonds is 10. The molecule has 0 bridgehead atoms. The van der Waals surface area contributed by atoms with E-state index in [-0.39, 0.29) is 18.0 Å². The molecule has 0 unspecified atom stereocenters. The van der Waals surface area contributed by atoms with E-state index in [2.05, 4.69) is 6.92 Å². The van der Waals surface area contributed by atoms with Gasteiger partial charge in [-0.2, -0.15) is 0 Å². The molecule has 136 valence electrons. The van der Waals surface area contributed by atoms with E-state index < -0.39 is 5.97 Å². The molecule has 0 aromatic heterocycles. The summed E-state index contributed by atoms with van der Waals surface area (Å²) in [7, 11) is 0. The number of hydrogen-bond donors (Lipinski definition) is 1. The third-order valence-electron chi connectivity index (χ3n) is 4.07. The molecule has 2 aromatic carbocycles. The quantitative estimate of drug-likeness (QED) is 0.511. The fourth-order valence-electron chi connectivity index (χ4n) is 2.73. The molecule has 0 aliphatic rings. The molecule has 0 saturated heterocycles. The zero-order chi connectivity index (χ0) is 17.2. The number of carboxylic acid groups (broad SMARTS) is 1. The molecule has 0 fully saturated rings. The molecule has 0 saturated carbocycles. The largest absolute Gasteiger partial charge is 0.494 e. The van der Waals surface area contributed by atoms with E-state index in [0.717, 1.165) is 24.0 Å². The van der Waals surface area contributed by atoms with Crippen LogP contribution in [-0.2, 0) is 0 Å². The topological polar surface area (TPSA) is 46.5 Å². The van der Waals surface area contributed by atoms with Gasteiger partial charge < -0.3 is 9.84 Å². The number of carboxylic acids is 1. The Morgan fingerprint density at radius 2 is 1.64 bits per heavy atom. The third-order valence-corrected chi connectivity index (χ3v) is 4.07. The molecular weight excluding hydrogens is 336 g/mol. The lowest BCUT2D eigenvalue weighted by Gasteiger charge is -2.11. The van der Waals surface area contributed by atoms with Gasteiger partial charge in [0.15, 0.2) is 0 Å². The van der Waals surface area contributed by atoms with Crippen LogP contribution >= 0.6 is 12.4 Å². The summed E-state index contributed by atoms with van der Waals surface area (Å²) in [4.78, 5) is 11.6. The first-order valence-corrected chi connectivity index (χ1v) is 8.78. The summed E-state index contributed by atoms with van der Waals surface area (Å²) < 4.78 is 5.73. The summed E-state index contributed by atoms with van der Waals surface area (Å²) in [5.74, 6) is -0.306. The maximum absolute atomic E-state index is 11.6. The van der Waals surface area contributed by atoms with Crippen LogP contribution in [0.5, 0.6) is 5.75 Å². The first-order valence-electron chi connectivity index (χ1n) is 8.78. The van der Waals surface area contributed by atoms with Crippen molar-refractivity contribution in [1.29, 1.82) is 0 Å². The predicted octanol–water partition coefficient (Wildman–Crippen LogP) is 6.21. The van der Waals surface area contributed by atoms with Crippen LogP contribution in [0.25, 0.3) is 11.1 Å². The second-order valence-electron chi connectivity index (χ2n) is 5.99. The van der Waals surface area contributed by atoms with Crippen LogP contribution in [0.2, 0.25) is 0 Å². The van der Waals surface area contributed by atoms with Crippen molar-refractivity contribution in [2.45, 2.75) is 45.4 Å². The first kappa shape index (κ1) is 21.0. The summed E-state index contributed by atoms with van der Waals surface area (Å²) in [5, 5.41) is 9.49. The van der Waals surface area contributed by atoms with E-state index >= 15 is 0 Å². The van der Waals surface area contributed by atoms with Crippen LogP contribution in [0, 0.1) is 0 Å². The lowest BCUT2D eigenvalue weighted by molar-refractivity contribution is 0.0697. The Bertz CT molecular complexity index is 641. The van der Waals surface area contributed by atoms with Crippen LogP contribution in [0.3, 0.4) is 0 Å². The zero-order valence-electron chi connectivity index (χ0n) is 14.7. The second kappa shape index (κ2) is 11.5. The molecule has 25 heavy (non-hydrogen) atoms.